The van der Waals surface area contributed by atoms with Gasteiger partial charge in [-0.2, -0.15) is 0 Å². The summed E-state index contributed by atoms with van der Waals surface area (Å²) < 4.78 is 16.7. The molecule has 0 saturated carbocycles. The van der Waals surface area contributed by atoms with E-state index in [-0.39, 0.29) is 38.0 Å². The van der Waals surface area contributed by atoms with Crippen molar-refractivity contribution in [1.82, 2.24) is 0 Å². The van der Waals surface area contributed by atoms with E-state index in [0.717, 1.165) is 122 Å². The molecule has 386 valence electrons. The first kappa shape index (κ1) is 64.5. The van der Waals surface area contributed by atoms with Crippen molar-refractivity contribution < 1.29 is 28.6 Å². The number of allylic oxidation sites excluding steroid dienone is 30. The third-order valence-corrected chi connectivity index (χ3v) is 10.2. The molecular formula is C64H94O6. The molecule has 0 aromatic heterocycles. The van der Waals surface area contributed by atoms with E-state index >= 15 is 0 Å². The van der Waals surface area contributed by atoms with Gasteiger partial charge in [-0.15, -0.1) is 0 Å². The molecule has 1 unspecified atom stereocenters. The number of unbranched alkanes of at least 4 members (excludes halogenated alkanes) is 8. The summed E-state index contributed by atoms with van der Waals surface area (Å²) in [5.74, 6) is -1.10. The SMILES string of the molecule is CC/C=C\C/C=C\C/C=C\C/C=C\C/C=C\CCCC(=O)OCC(COC(=O)CCCCCCC\C=C/C=C\C=C/C=C\C=C/CCC)OC(=O)CCC/C=C\C/C=C\C/C=C\C/C=C\C/C=C\CC. The van der Waals surface area contributed by atoms with E-state index < -0.39 is 12.1 Å². The molecule has 0 N–H and O–H groups in total. The van der Waals surface area contributed by atoms with Crippen LogP contribution in [0.25, 0.3) is 0 Å². The van der Waals surface area contributed by atoms with Gasteiger partial charge in [-0.05, 0) is 116 Å². The van der Waals surface area contributed by atoms with Crippen molar-refractivity contribution in [2.75, 3.05) is 13.2 Å². The maximum Gasteiger partial charge on any atom is 0.306 e. The van der Waals surface area contributed by atoms with Gasteiger partial charge in [0.15, 0.2) is 6.10 Å². The van der Waals surface area contributed by atoms with Gasteiger partial charge in [0.05, 0.1) is 0 Å². The highest BCUT2D eigenvalue weighted by Crippen LogP contribution is 2.11. The highest BCUT2D eigenvalue weighted by molar-refractivity contribution is 5.71. The average molecular weight is 959 g/mol. The third kappa shape index (κ3) is 53.5. The van der Waals surface area contributed by atoms with E-state index in [1.165, 1.54) is 6.42 Å². The fourth-order valence-corrected chi connectivity index (χ4v) is 6.31. The zero-order valence-electron chi connectivity index (χ0n) is 43.9. The van der Waals surface area contributed by atoms with Gasteiger partial charge in [0, 0.05) is 19.3 Å². The number of carbonyl (C=O) groups excluding carboxylic acids is 3. The molecule has 0 bridgehead atoms. The van der Waals surface area contributed by atoms with Crippen LogP contribution in [0.3, 0.4) is 0 Å². The maximum atomic E-state index is 12.8. The molecule has 0 spiro atoms. The minimum atomic E-state index is -0.853. The summed E-state index contributed by atoms with van der Waals surface area (Å²) in [5.41, 5.74) is 0. The predicted octanol–water partition coefficient (Wildman–Crippen LogP) is 18.1. The van der Waals surface area contributed by atoms with E-state index in [0.29, 0.717) is 19.3 Å². The number of carbonyl (C=O) groups is 3. The van der Waals surface area contributed by atoms with Crippen LogP contribution in [0.2, 0.25) is 0 Å². The van der Waals surface area contributed by atoms with E-state index in [4.69, 9.17) is 14.2 Å². The zero-order chi connectivity index (χ0) is 50.7. The van der Waals surface area contributed by atoms with Crippen LogP contribution in [0.1, 0.15) is 181 Å². The van der Waals surface area contributed by atoms with Crippen molar-refractivity contribution >= 4 is 17.9 Å². The highest BCUT2D eigenvalue weighted by atomic mass is 16.6. The van der Waals surface area contributed by atoms with Crippen LogP contribution < -0.4 is 0 Å². The molecule has 70 heavy (non-hydrogen) atoms. The first-order chi connectivity index (χ1) is 34.5. The topological polar surface area (TPSA) is 78.9 Å². The average Bonchev–Trinajstić information content (AvgIpc) is 3.36. The van der Waals surface area contributed by atoms with Crippen LogP contribution in [-0.2, 0) is 28.6 Å². The molecule has 0 aliphatic carbocycles. The molecule has 6 heteroatoms. The minimum absolute atomic E-state index is 0.143. The van der Waals surface area contributed by atoms with Gasteiger partial charge in [0.25, 0.3) is 0 Å². The molecule has 0 amide bonds. The normalized spacial score (nSPS) is 13.6. The first-order valence-electron chi connectivity index (χ1n) is 26.9. The lowest BCUT2D eigenvalue weighted by atomic mass is 10.1. The molecule has 0 aliphatic rings. The summed E-state index contributed by atoms with van der Waals surface area (Å²) in [6.45, 7) is 6.17. The van der Waals surface area contributed by atoms with E-state index in [9.17, 15) is 14.4 Å². The van der Waals surface area contributed by atoms with Crippen molar-refractivity contribution in [2.24, 2.45) is 0 Å². The largest absolute Gasteiger partial charge is 0.462 e. The second kappa shape index (κ2) is 56.1. The summed E-state index contributed by atoms with van der Waals surface area (Å²) in [4.78, 5) is 38.1. The quantitative estimate of drug-likeness (QED) is 0.0199. The third-order valence-electron chi connectivity index (χ3n) is 10.2. The standard InChI is InChI=1S/C64H94O6/c1-4-7-10-13-16-19-22-25-28-31-34-36-39-42-45-48-51-54-57-63(66)69-60-61(70-64(67)58-55-52-49-46-43-40-37-33-30-27-24-21-18-15-12-9-6-3)59-68-62(65)56-53-50-47-44-41-38-35-32-29-26-23-20-17-14-11-8-5-2/h8-13,16-22,25-31,34-38,40,44,46-47,49,61H,4-7,14-15,23-24,32-33,39,41-43,45,48,50-60H2,1-3H3/b11-8-,12-9-,13-10-,19-16-,20-17-,21-18-,25-22-,29-26-,30-27-,31-28-,36-34-,38-35-,40-37-,47-44-,49-46-. The number of hydrogen-bond acceptors (Lipinski definition) is 6. The van der Waals surface area contributed by atoms with Gasteiger partial charge in [-0.1, -0.05) is 229 Å². The predicted molar refractivity (Wildman–Crippen MR) is 301 cm³/mol. The molecular weight excluding hydrogens is 865 g/mol. The summed E-state index contributed by atoms with van der Waals surface area (Å²) >= 11 is 0. The first-order valence-corrected chi connectivity index (χ1v) is 26.9. The maximum absolute atomic E-state index is 12.8. The van der Waals surface area contributed by atoms with Crippen molar-refractivity contribution in [2.45, 2.75) is 187 Å². The number of rotatable bonds is 45. The van der Waals surface area contributed by atoms with E-state index in [1.807, 2.05) is 36.5 Å². The molecule has 0 aromatic carbocycles. The highest BCUT2D eigenvalue weighted by Gasteiger charge is 2.19. The number of esters is 3. The van der Waals surface area contributed by atoms with Gasteiger partial charge < -0.3 is 14.2 Å². The Kier molecular flexibility index (Phi) is 51.7. The van der Waals surface area contributed by atoms with Gasteiger partial charge in [-0.3, -0.25) is 14.4 Å². The molecule has 0 aromatic rings. The molecule has 0 fully saturated rings. The van der Waals surface area contributed by atoms with Crippen molar-refractivity contribution in [3.63, 3.8) is 0 Å². The zero-order valence-corrected chi connectivity index (χ0v) is 43.9. The fraction of sp³-hybridized carbons (Fsp3) is 0.484. The van der Waals surface area contributed by atoms with Crippen molar-refractivity contribution in [3.05, 3.63) is 182 Å². The van der Waals surface area contributed by atoms with Gasteiger partial charge >= 0.3 is 17.9 Å². The second-order valence-electron chi connectivity index (χ2n) is 16.8. The summed E-state index contributed by atoms with van der Waals surface area (Å²) in [5, 5.41) is 0. The molecule has 1 atom stereocenters. The Morgan fingerprint density at radius 2 is 0.629 bits per heavy atom. The van der Waals surface area contributed by atoms with Gasteiger partial charge in [0.1, 0.15) is 13.2 Å². The molecule has 0 rings (SSSR count). The van der Waals surface area contributed by atoms with E-state index in [2.05, 4.69) is 167 Å². The Bertz CT molecular complexity index is 1720. The van der Waals surface area contributed by atoms with Crippen LogP contribution in [0.4, 0.5) is 0 Å². The van der Waals surface area contributed by atoms with Crippen LogP contribution in [0, 0.1) is 0 Å². The molecule has 0 radical (unpaired) electrons. The van der Waals surface area contributed by atoms with Crippen LogP contribution in [0.15, 0.2) is 182 Å². The fourth-order valence-electron chi connectivity index (χ4n) is 6.31. The second-order valence-corrected chi connectivity index (χ2v) is 16.8. The van der Waals surface area contributed by atoms with Gasteiger partial charge in [0.2, 0.25) is 0 Å². The Morgan fingerprint density at radius 3 is 1.04 bits per heavy atom. The lowest BCUT2D eigenvalue weighted by Crippen LogP contribution is -2.30. The van der Waals surface area contributed by atoms with E-state index in [1.54, 1.807) is 0 Å². The van der Waals surface area contributed by atoms with Crippen LogP contribution in [-0.4, -0.2) is 37.2 Å². The summed E-state index contributed by atoms with van der Waals surface area (Å²) in [6, 6.07) is 0. The smallest absolute Gasteiger partial charge is 0.306 e. The Labute approximate surface area is 427 Å². The lowest BCUT2D eigenvalue weighted by molar-refractivity contribution is -0.167. The molecule has 0 aliphatic heterocycles. The Morgan fingerprint density at radius 1 is 0.314 bits per heavy atom. The van der Waals surface area contributed by atoms with Crippen molar-refractivity contribution in [3.8, 4) is 0 Å². The molecule has 6 nitrogen and oxygen atoms in total. The Balaban J connectivity index is 4.68. The molecule has 0 saturated heterocycles. The Hall–Kier alpha value is -5.49. The monoisotopic (exact) mass is 959 g/mol. The summed E-state index contributed by atoms with van der Waals surface area (Å²) in [6.07, 6.45) is 84.5. The number of ether oxygens (including phenoxy) is 3. The summed E-state index contributed by atoms with van der Waals surface area (Å²) in [7, 11) is 0. The minimum Gasteiger partial charge on any atom is -0.462 e. The van der Waals surface area contributed by atoms with Crippen LogP contribution in [0.5, 0.6) is 0 Å². The van der Waals surface area contributed by atoms with Gasteiger partial charge in [-0.25, -0.2) is 0 Å². The van der Waals surface area contributed by atoms with Crippen molar-refractivity contribution in [1.29, 1.82) is 0 Å². The van der Waals surface area contributed by atoms with Crippen LogP contribution >= 0.6 is 0 Å². The lowest BCUT2D eigenvalue weighted by Gasteiger charge is -2.18. The molecule has 0 heterocycles. The number of hydrogen-bond donors (Lipinski definition) is 0.